The van der Waals surface area contributed by atoms with Gasteiger partial charge < -0.3 is 20.4 Å². The SMILES string of the molecule is CN=C(NCCCC(C)C)NCc1ccc(NC(=O)c2ccco2)cc1. The van der Waals surface area contributed by atoms with Gasteiger partial charge in [-0.15, -0.1) is 0 Å². The van der Waals surface area contributed by atoms with E-state index in [9.17, 15) is 4.79 Å². The second-order valence-electron chi connectivity index (χ2n) is 6.52. The fraction of sp³-hybridized carbons (Fsp3) is 0.400. The average Bonchev–Trinajstić information content (AvgIpc) is 3.17. The lowest BCUT2D eigenvalue weighted by Crippen LogP contribution is -2.37. The molecule has 26 heavy (non-hydrogen) atoms. The number of aliphatic imine (C=N–C) groups is 1. The molecule has 0 saturated heterocycles. The van der Waals surface area contributed by atoms with Crippen LogP contribution < -0.4 is 16.0 Å². The summed E-state index contributed by atoms with van der Waals surface area (Å²) in [7, 11) is 1.77. The van der Waals surface area contributed by atoms with E-state index in [4.69, 9.17) is 4.42 Å². The number of nitrogens with one attached hydrogen (secondary N) is 3. The van der Waals surface area contributed by atoms with E-state index >= 15 is 0 Å². The molecule has 1 amide bonds. The van der Waals surface area contributed by atoms with Gasteiger partial charge in [-0.2, -0.15) is 0 Å². The van der Waals surface area contributed by atoms with Crippen molar-refractivity contribution in [3.05, 3.63) is 54.0 Å². The Bertz CT molecular complexity index is 691. The summed E-state index contributed by atoms with van der Waals surface area (Å²) in [6, 6.07) is 11.0. The number of guanidine groups is 1. The smallest absolute Gasteiger partial charge is 0.291 e. The first kappa shape index (κ1) is 19.6. The van der Waals surface area contributed by atoms with E-state index in [2.05, 4.69) is 34.8 Å². The highest BCUT2D eigenvalue weighted by Gasteiger charge is 2.08. The van der Waals surface area contributed by atoms with Gasteiger partial charge in [-0.05, 0) is 48.6 Å². The summed E-state index contributed by atoms with van der Waals surface area (Å²) in [6.07, 6.45) is 3.81. The van der Waals surface area contributed by atoms with E-state index < -0.39 is 0 Å². The van der Waals surface area contributed by atoms with Gasteiger partial charge in [0.2, 0.25) is 0 Å². The molecule has 0 spiro atoms. The maximum Gasteiger partial charge on any atom is 0.291 e. The van der Waals surface area contributed by atoms with Crippen molar-refractivity contribution in [1.29, 1.82) is 0 Å². The van der Waals surface area contributed by atoms with Crippen molar-refractivity contribution < 1.29 is 9.21 Å². The molecule has 0 radical (unpaired) electrons. The number of furan rings is 1. The van der Waals surface area contributed by atoms with E-state index in [0.717, 1.165) is 36.1 Å². The summed E-state index contributed by atoms with van der Waals surface area (Å²) in [6.45, 7) is 6.04. The first-order valence-electron chi connectivity index (χ1n) is 8.97. The standard InChI is InChI=1S/C20H28N4O2/c1-15(2)6-4-12-22-20(21-3)23-14-16-8-10-17(11-9-16)24-19(25)18-7-5-13-26-18/h5,7-11,13,15H,4,6,12,14H2,1-3H3,(H,24,25)(H2,21,22,23). The summed E-state index contributed by atoms with van der Waals surface area (Å²) in [5.41, 5.74) is 1.83. The maximum absolute atomic E-state index is 11.9. The van der Waals surface area contributed by atoms with Gasteiger partial charge in [0.15, 0.2) is 11.7 Å². The van der Waals surface area contributed by atoms with Crippen LogP contribution in [-0.4, -0.2) is 25.5 Å². The fourth-order valence-electron chi connectivity index (χ4n) is 2.43. The summed E-state index contributed by atoms with van der Waals surface area (Å²) >= 11 is 0. The largest absolute Gasteiger partial charge is 0.459 e. The van der Waals surface area contributed by atoms with Gasteiger partial charge in [0.1, 0.15) is 0 Å². The van der Waals surface area contributed by atoms with Gasteiger partial charge in [0, 0.05) is 25.8 Å². The topological polar surface area (TPSA) is 78.7 Å². The minimum Gasteiger partial charge on any atom is -0.459 e. The Morgan fingerprint density at radius 1 is 1.15 bits per heavy atom. The molecule has 0 aliphatic carbocycles. The highest BCUT2D eigenvalue weighted by Crippen LogP contribution is 2.11. The summed E-state index contributed by atoms with van der Waals surface area (Å²) in [5, 5.41) is 9.41. The third kappa shape index (κ3) is 6.63. The Hall–Kier alpha value is -2.76. The van der Waals surface area contributed by atoms with Crippen LogP contribution in [0.15, 0.2) is 52.1 Å². The van der Waals surface area contributed by atoms with E-state index in [1.807, 2.05) is 24.3 Å². The third-order valence-electron chi connectivity index (χ3n) is 3.89. The summed E-state index contributed by atoms with van der Waals surface area (Å²) in [5.74, 6) is 1.55. The van der Waals surface area contributed by atoms with Crippen molar-refractivity contribution in [3.63, 3.8) is 0 Å². The number of rotatable bonds is 8. The van der Waals surface area contributed by atoms with Crippen molar-refractivity contribution in [3.8, 4) is 0 Å². The Kier molecular flexibility index (Phi) is 7.74. The molecule has 1 aromatic heterocycles. The zero-order chi connectivity index (χ0) is 18.8. The number of carbonyl (C=O) groups excluding carboxylic acids is 1. The monoisotopic (exact) mass is 356 g/mol. The van der Waals surface area contributed by atoms with Crippen LogP contribution in [0.5, 0.6) is 0 Å². The van der Waals surface area contributed by atoms with Crippen LogP contribution in [0.2, 0.25) is 0 Å². The summed E-state index contributed by atoms with van der Waals surface area (Å²) < 4.78 is 5.08. The van der Waals surface area contributed by atoms with Gasteiger partial charge >= 0.3 is 0 Å². The van der Waals surface area contributed by atoms with Crippen molar-refractivity contribution >= 4 is 17.6 Å². The van der Waals surface area contributed by atoms with E-state index in [-0.39, 0.29) is 5.91 Å². The van der Waals surface area contributed by atoms with E-state index in [1.165, 1.54) is 12.7 Å². The van der Waals surface area contributed by atoms with Crippen LogP contribution in [0.1, 0.15) is 42.8 Å². The fourth-order valence-corrected chi connectivity index (χ4v) is 2.43. The van der Waals surface area contributed by atoms with Crippen molar-refractivity contribution in [2.45, 2.75) is 33.2 Å². The molecule has 0 saturated carbocycles. The van der Waals surface area contributed by atoms with Gasteiger partial charge in [0.05, 0.1) is 6.26 Å². The molecule has 0 fully saturated rings. The molecule has 6 heteroatoms. The van der Waals surface area contributed by atoms with Crippen LogP contribution in [0.4, 0.5) is 5.69 Å². The third-order valence-corrected chi connectivity index (χ3v) is 3.89. The molecule has 3 N–H and O–H groups in total. The highest BCUT2D eigenvalue weighted by molar-refractivity contribution is 6.02. The number of amides is 1. The van der Waals surface area contributed by atoms with Crippen molar-refractivity contribution in [2.24, 2.45) is 10.9 Å². The summed E-state index contributed by atoms with van der Waals surface area (Å²) in [4.78, 5) is 16.2. The van der Waals surface area contributed by atoms with Gasteiger partial charge in [-0.25, -0.2) is 0 Å². The van der Waals surface area contributed by atoms with Crippen LogP contribution in [0.3, 0.4) is 0 Å². The zero-order valence-corrected chi connectivity index (χ0v) is 15.7. The Balaban J connectivity index is 1.76. The van der Waals surface area contributed by atoms with Crippen LogP contribution in [-0.2, 0) is 6.54 Å². The number of hydrogen-bond donors (Lipinski definition) is 3. The lowest BCUT2D eigenvalue weighted by atomic mass is 10.1. The molecule has 1 aromatic carbocycles. The minimum atomic E-state index is -0.258. The molecular formula is C20H28N4O2. The van der Waals surface area contributed by atoms with Crippen LogP contribution in [0.25, 0.3) is 0 Å². The quantitative estimate of drug-likeness (QED) is 0.383. The van der Waals surface area contributed by atoms with Crippen molar-refractivity contribution in [1.82, 2.24) is 10.6 Å². The second kappa shape index (κ2) is 10.3. The van der Waals surface area contributed by atoms with E-state index in [0.29, 0.717) is 12.3 Å². The molecule has 140 valence electrons. The van der Waals surface area contributed by atoms with Gasteiger partial charge in [-0.1, -0.05) is 26.0 Å². The second-order valence-corrected chi connectivity index (χ2v) is 6.52. The first-order chi connectivity index (χ1) is 12.6. The Labute approximate surface area is 155 Å². The molecule has 0 unspecified atom stereocenters. The number of carbonyl (C=O) groups is 1. The predicted octanol–water partition coefficient (Wildman–Crippen LogP) is 3.63. The first-order valence-corrected chi connectivity index (χ1v) is 8.97. The molecule has 2 aromatic rings. The normalized spacial score (nSPS) is 11.5. The molecule has 0 aliphatic heterocycles. The zero-order valence-electron chi connectivity index (χ0n) is 15.7. The highest BCUT2D eigenvalue weighted by atomic mass is 16.3. The number of nitrogens with zero attached hydrogens (tertiary/aromatic N) is 1. The maximum atomic E-state index is 11.9. The molecule has 0 bridgehead atoms. The Morgan fingerprint density at radius 3 is 2.54 bits per heavy atom. The van der Waals surface area contributed by atoms with Crippen LogP contribution >= 0.6 is 0 Å². The molecule has 6 nitrogen and oxygen atoms in total. The number of hydrogen-bond acceptors (Lipinski definition) is 3. The minimum absolute atomic E-state index is 0.258. The number of benzene rings is 1. The van der Waals surface area contributed by atoms with Gasteiger partial charge in [-0.3, -0.25) is 9.79 Å². The molecule has 1 heterocycles. The van der Waals surface area contributed by atoms with Crippen LogP contribution in [0, 0.1) is 5.92 Å². The van der Waals surface area contributed by atoms with Gasteiger partial charge in [0.25, 0.3) is 5.91 Å². The van der Waals surface area contributed by atoms with E-state index in [1.54, 1.807) is 19.2 Å². The lowest BCUT2D eigenvalue weighted by molar-refractivity contribution is 0.0996. The molecule has 2 rings (SSSR count). The predicted molar refractivity (Wildman–Crippen MR) is 105 cm³/mol. The van der Waals surface area contributed by atoms with Crippen molar-refractivity contribution in [2.75, 3.05) is 18.9 Å². The molecule has 0 atom stereocenters. The Morgan fingerprint density at radius 2 is 1.92 bits per heavy atom. The molecular weight excluding hydrogens is 328 g/mol. The molecule has 0 aliphatic rings. The lowest BCUT2D eigenvalue weighted by Gasteiger charge is -2.13. The average molecular weight is 356 g/mol. The number of anilines is 1.